The van der Waals surface area contributed by atoms with Crippen LogP contribution in [0.5, 0.6) is 5.75 Å². The summed E-state index contributed by atoms with van der Waals surface area (Å²) in [6.45, 7) is 3.45. The summed E-state index contributed by atoms with van der Waals surface area (Å²) < 4.78 is 5.62. The summed E-state index contributed by atoms with van der Waals surface area (Å²) >= 11 is 0. The van der Waals surface area contributed by atoms with Crippen molar-refractivity contribution in [2.75, 3.05) is 18.5 Å². The Morgan fingerprint density at radius 2 is 1.85 bits per heavy atom. The third-order valence-electron chi connectivity index (χ3n) is 4.56. The summed E-state index contributed by atoms with van der Waals surface area (Å²) in [5, 5.41) is 0. The summed E-state index contributed by atoms with van der Waals surface area (Å²) in [7, 11) is 1.70. The molecule has 0 aromatic heterocycles. The van der Waals surface area contributed by atoms with Crippen LogP contribution in [0.25, 0.3) is 0 Å². The number of carbonyl (C=O) groups excluding carboxylic acids is 3. The predicted molar refractivity (Wildman–Crippen MR) is 102 cm³/mol. The van der Waals surface area contributed by atoms with E-state index in [1.54, 1.807) is 37.1 Å². The van der Waals surface area contributed by atoms with Gasteiger partial charge in [-0.1, -0.05) is 30.3 Å². The Bertz CT molecular complexity index is 879. The summed E-state index contributed by atoms with van der Waals surface area (Å²) in [5.74, 6) is -0.118. The minimum atomic E-state index is -0.687. The number of hydrogen-bond acceptors (Lipinski definition) is 4. The second kappa shape index (κ2) is 7.61. The molecule has 0 saturated carbocycles. The van der Waals surface area contributed by atoms with Crippen molar-refractivity contribution in [1.82, 2.24) is 4.90 Å². The largest absolute Gasteiger partial charge is 0.479 e. The number of fused-ring (bicyclic) bond motifs is 1. The number of amides is 2. The lowest BCUT2D eigenvalue weighted by Gasteiger charge is -2.33. The molecule has 2 amide bonds. The van der Waals surface area contributed by atoms with Gasteiger partial charge in [0, 0.05) is 19.2 Å². The number of Topliss-reactive ketones (excluding diaryl/α,β-unsaturated/α-hetero) is 1. The van der Waals surface area contributed by atoms with Crippen molar-refractivity contribution in [2.45, 2.75) is 26.5 Å². The monoisotopic (exact) mass is 366 g/mol. The van der Waals surface area contributed by atoms with Crippen LogP contribution in [0.15, 0.2) is 48.5 Å². The molecule has 1 aliphatic rings. The fraction of sp³-hybridized carbons (Fsp3) is 0.286. The fourth-order valence-electron chi connectivity index (χ4n) is 2.99. The van der Waals surface area contributed by atoms with Crippen LogP contribution in [-0.2, 0) is 16.1 Å². The topological polar surface area (TPSA) is 66.9 Å². The van der Waals surface area contributed by atoms with E-state index in [9.17, 15) is 14.4 Å². The van der Waals surface area contributed by atoms with Crippen molar-refractivity contribution in [3.8, 4) is 5.75 Å². The van der Waals surface area contributed by atoms with Crippen molar-refractivity contribution >= 4 is 23.3 Å². The number of likely N-dealkylation sites (N-methyl/N-ethyl adjacent to an activating group) is 1. The number of ketones is 1. The van der Waals surface area contributed by atoms with E-state index < -0.39 is 6.10 Å². The van der Waals surface area contributed by atoms with Gasteiger partial charge in [0.15, 0.2) is 11.9 Å². The van der Waals surface area contributed by atoms with Gasteiger partial charge in [0.25, 0.3) is 5.91 Å². The number of benzene rings is 2. The van der Waals surface area contributed by atoms with Crippen LogP contribution < -0.4 is 9.64 Å². The van der Waals surface area contributed by atoms with Gasteiger partial charge in [-0.05, 0) is 37.6 Å². The first-order valence-electron chi connectivity index (χ1n) is 8.77. The van der Waals surface area contributed by atoms with Gasteiger partial charge in [-0.3, -0.25) is 19.3 Å². The first kappa shape index (κ1) is 18.6. The Kier molecular flexibility index (Phi) is 5.26. The SMILES string of the molecule is CC(=O)c1ccc2c(c1)N(CC(=O)N(C)Cc1ccccc1)C(=O)C(C)O2. The molecule has 1 heterocycles. The van der Waals surface area contributed by atoms with Crippen molar-refractivity contribution in [3.63, 3.8) is 0 Å². The molecule has 3 rings (SSSR count). The minimum absolute atomic E-state index is 0.107. The molecule has 0 aliphatic carbocycles. The third kappa shape index (κ3) is 4.00. The first-order chi connectivity index (χ1) is 12.9. The van der Waals surface area contributed by atoms with Gasteiger partial charge in [-0.25, -0.2) is 0 Å². The second-order valence-electron chi connectivity index (χ2n) is 6.66. The molecule has 2 aromatic carbocycles. The molecule has 0 fully saturated rings. The molecule has 1 aliphatic heterocycles. The van der Waals surface area contributed by atoms with E-state index in [0.717, 1.165) is 5.56 Å². The molecule has 6 nitrogen and oxygen atoms in total. The maximum absolute atomic E-state index is 12.7. The number of rotatable bonds is 5. The van der Waals surface area contributed by atoms with Crippen molar-refractivity contribution in [2.24, 2.45) is 0 Å². The molecule has 0 N–H and O–H groups in total. The predicted octanol–water partition coefficient (Wildman–Crippen LogP) is 2.66. The number of nitrogens with zero attached hydrogens (tertiary/aromatic N) is 2. The summed E-state index contributed by atoms with van der Waals surface area (Å²) in [6, 6.07) is 14.6. The molecular weight excluding hydrogens is 344 g/mol. The Morgan fingerprint density at radius 1 is 1.15 bits per heavy atom. The van der Waals surface area contributed by atoms with Gasteiger partial charge in [0.2, 0.25) is 5.91 Å². The number of ether oxygens (including phenoxy) is 1. The van der Waals surface area contributed by atoms with Gasteiger partial charge < -0.3 is 9.64 Å². The van der Waals surface area contributed by atoms with Crippen LogP contribution in [0, 0.1) is 0 Å². The van der Waals surface area contributed by atoms with Gasteiger partial charge in [-0.2, -0.15) is 0 Å². The molecular formula is C21H22N2O4. The molecule has 0 radical (unpaired) electrons. The first-order valence-corrected chi connectivity index (χ1v) is 8.77. The normalized spacial score (nSPS) is 15.7. The second-order valence-corrected chi connectivity index (χ2v) is 6.66. The average molecular weight is 366 g/mol. The molecule has 0 saturated heterocycles. The highest BCUT2D eigenvalue weighted by Gasteiger charge is 2.33. The summed E-state index contributed by atoms with van der Waals surface area (Å²) in [4.78, 5) is 40.0. The van der Waals surface area contributed by atoms with Crippen LogP contribution >= 0.6 is 0 Å². The quantitative estimate of drug-likeness (QED) is 0.763. The molecule has 1 atom stereocenters. The van der Waals surface area contributed by atoms with E-state index in [4.69, 9.17) is 4.74 Å². The molecule has 2 aromatic rings. The number of anilines is 1. The highest BCUT2D eigenvalue weighted by atomic mass is 16.5. The van der Waals surface area contributed by atoms with E-state index in [-0.39, 0.29) is 24.1 Å². The lowest BCUT2D eigenvalue weighted by atomic mass is 10.1. The zero-order valence-electron chi connectivity index (χ0n) is 15.6. The number of carbonyl (C=O) groups is 3. The lowest BCUT2D eigenvalue weighted by molar-refractivity contribution is -0.132. The van der Waals surface area contributed by atoms with Crippen molar-refractivity contribution in [3.05, 3.63) is 59.7 Å². The van der Waals surface area contributed by atoms with Crippen LogP contribution in [0.4, 0.5) is 5.69 Å². The van der Waals surface area contributed by atoms with Gasteiger partial charge >= 0.3 is 0 Å². The van der Waals surface area contributed by atoms with E-state index >= 15 is 0 Å². The maximum atomic E-state index is 12.7. The van der Waals surface area contributed by atoms with Crippen molar-refractivity contribution < 1.29 is 19.1 Å². The van der Waals surface area contributed by atoms with Crippen molar-refractivity contribution in [1.29, 1.82) is 0 Å². The summed E-state index contributed by atoms with van der Waals surface area (Å²) in [6.07, 6.45) is -0.687. The van der Waals surface area contributed by atoms with Crippen LogP contribution in [-0.4, -0.2) is 42.2 Å². The maximum Gasteiger partial charge on any atom is 0.268 e. The van der Waals surface area contributed by atoms with Crippen LogP contribution in [0.1, 0.15) is 29.8 Å². The molecule has 1 unspecified atom stereocenters. The Labute approximate surface area is 158 Å². The molecule has 27 heavy (non-hydrogen) atoms. The molecule has 0 spiro atoms. The standard InChI is InChI=1S/C21H22N2O4/c1-14(24)17-9-10-19-18(11-17)23(21(26)15(2)27-19)13-20(25)22(3)12-16-7-5-4-6-8-16/h4-11,15H,12-13H2,1-3H3. The van der Waals surface area contributed by atoms with Gasteiger partial charge in [0.1, 0.15) is 12.3 Å². The fourth-order valence-corrected chi connectivity index (χ4v) is 2.99. The van der Waals surface area contributed by atoms with Gasteiger partial charge in [0.05, 0.1) is 5.69 Å². The van der Waals surface area contributed by atoms with Crippen LogP contribution in [0.2, 0.25) is 0 Å². The van der Waals surface area contributed by atoms with E-state index in [2.05, 4.69) is 0 Å². The average Bonchev–Trinajstić information content (AvgIpc) is 2.65. The number of hydrogen-bond donors (Lipinski definition) is 0. The van der Waals surface area contributed by atoms with Gasteiger partial charge in [-0.15, -0.1) is 0 Å². The highest BCUT2D eigenvalue weighted by Crippen LogP contribution is 2.35. The molecule has 140 valence electrons. The zero-order chi connectivity index (χ0) is 19.6. The van der Waals surface area contributed by atoms with E-state index in [1.165, 1.54) is 11.8 Å². The highest BCUT2D eigenvalue weighted by molar-refractivity contribution is 6.05. The summed E-state index contributed by atoms with van der Waals surface area (Å²) in [5.41, 5.74) is 1.93. The molecule has 6 heteroatoms. The smallest absolute Gasteiger partial charge is 0.268 e. The minimum Gasteiger partial charge on any atom is -0.479 e. The van der Waals surface area contributed by atoms with E-state index in [0.29, 0.717) is 23.5 Å². The van der Waals surface area contributed by atoms with Crippen LogP contribution in [0.3, 0.4) is 0 Å². The van der Waals surface area contributed by atoms with E-state index in [1.807, 2.05) is 30.3 Å². The zero-order valence-corrected chi connectivity index (χ0v) is 15.6. The molecule has 0 bridgehead atoms. The third-order valence-corrected chi connectivity index (χ3v) is 4.56. The Morgan fingerprint density at radius 3 is 2.52 bits per heavy atom. The Balaban J connectivity index is 1.82. The Hall–Kier alpha value is -3.15. The lowest BCUT2D eigenvalue weighted by Crippen LogP contribution is -2.49.